The van der Waals surface area contributed by atoms with Gasteiger partial charge >= 0.3 is 7.12 Å². The summed E-state index contributed by atoms with van der Waals surface area (Å²) in [5.74, 6) is 0.288. The Kier molecular flexibility index (Phi) is 8.70. The van der Waals surface area contributed by atoms with E-state index in [2.05, 4.69) is 43.2 Å². The first-order valence-electron chi connectivity index (χ1n) is 13.8. The zero-order valence-electron chi connectivity index (χ0n) is 23.6. The normalized spacial score (nSPS) is 30.9. The van der Waals surface area contributed by atoms with Gasteiger partial charge in [0.15, 0.2) is 0 Å². The minimum absolute atomic E-state index is 0.0352. The third-order valence-corrected chi connectivity index (χ3v) is 8.63. The lowest BCUT2D eigenvalue weighted by molar-refractivity contribution is -0.139. The maximum atomic E-state index is 13.9. The average molecular weight is 492 g/mol. The van der Waals surface area contributed by atoms with Gasteiger partial charge in [-0.2, -0.15) is 0 Å². The van der Waals surface area contributed by atoms with E-state index in [0.717, 1.165) is 51.6 Å². The predicted molar refractivity (Wildman–Crippen MR) is 141 cm³/mol. The van der Waals surface area contributed by atoms with Gasteiger partial charge < -0.3 is 24.8 Å². The van der Waals surface area contributed by atoms with Crippen molar-refractivity contribution in [1.82, 2.24) is 15.5 Å². The minimum atomic E-state index is -0.877. The molecule has 2 heterocycles. The monoisotopic (exact) mass is 491 g/mol. The van der Waals surface area contributed by atoms with Crippen LogP contribution in [0.3, 0.4) is 0 Å². The highest BCUT2D eigenvalue weighted by atomic mass is 16.7. The molecule has 1 aliphatic carbocycles. The molecule has 2 aliphatic heterocycles. The zero-order chi connectivity index (χ0) is 26.1. The maximum absolute atomic E-state index is 13.9. The van der Waals surface area contributed by atoms with Crippen LogP contribution >= 0.6 is 0 Å². The highest BCUT2D eigenvalue weighted by Gasteiger charge is 2.53. The Morgan fingerprint density at radius 1 is 1.00 bits per heavy atom. The lowest BCUT2D eigenvalue weighted by atomic mass is 9.64. The lowest BCUT2D eigenvalue weighted by Gasteiger charge is -2.47. The number of nitrogens with zero attached hydrogens (tertiary/aromatic N) is 1. The molecule has 3 rings (SSSR count). The topological polar surface area (TPSA) is 79.9 Å². The van der Waals surface area contributed by atoms with E-state index in [1.807, 2.05) is 20.8 Å². The van der Waals surface area contributed by atoms with Gasteiger partial charge in [-0.15, -0.1) is 0 Å². The second-order valence-corrected chi connectivity index (χ2v) is 13.3. The van der Waals surface area contributed by atoms with E-state index in [4.69, 9.17) is 9.31 Å². The smallest absolute Gasteiger partial charge is 0.403 e. The Balaban J connectivity index is 1.75. The Morgan fingerprint density at radius 3 is 2.14 bits per heavy atom. The van der Waals surface area contributed by atoms with Crippen LogP contribution in [0, 0.1) is 11.8 Å². The van der Waals surface area contributed by atoms with Crippen LogP contribution in [0.1, 0.15) is 100 Å². The summed E-state index contributed by atoms with van der Waals surface area (Å²) in [7, 11) is -0.230. The lowest BCUT2D eigenvalue weighted by Crippen LogP contribution is -2.67. The molecule has 0 aromatic carbocycles. The van der Waals surface area contributed by atoms with E-state index in [-0.39, 0.29) is 41.6 Å². The van der Waals surface area contributed by atoms with Crippen molar-refractivity contribution < 1.29 is 18.9 Å². The van der Waals surface area contributed by atoms with Crippen LogP contribution in [0.5, 0.6) is 0 Å². The first-order chi connectivity index (χ1) is 16.1. The molecular formula is C27H50BN3O4. The molecule has 0 radical (unpaired) electrons. The number of amides is 2. The van der Waals surface area contributed by atoms with E-state index in [0.29, 0.717) is 12.3 Å². The summed E-state index contributed by atoms with van der Waals surface area (Å²) in [4.78, 5) is 28.8. The van der Waals surface area contributed by atoms with E-state index < -0.39 is 5.54 Å². The van der Waals surface area contributed by atoms with Crippen LogP contribution in [-0.2, 0) is 18.9 Å². The van der Waals surface area contributed by atoms with Crippen molar-refractivity contribution in [2.24, 2.45) is 11.8 Å². The molecule has 2 N–H and O–H groups in total. The fraction of sp³-hybridized carbons (Fsp3) is 0.926. The second-order valence-electron chi connectivity index (χ2n) is 13.3. The molecule has 35 heavy (non-hydrogen) atoms. The van der Waals surface area contributed by atoms with Crippen molar-refractivity contribution in [3.8, 4) is 0 Å². The summed E-state index contributed by atoms with van der Waals surface area (Å²) in [5.41, 5.74) is -1.91. The fourth-order valence-electron chi connectivity index (χ4n) is 6.10. The molecule has 1 saturated carbocycles. The number of hydrogen-bond donors (Lipinski definition) is 2. The standard InChI is InChI=1S/C27H50BN3O4/c1-20(32)29-27(23(33)30-24(2,3)4)19-21(11-12-22(27)14-18-31-16-9-10-17-31)13-15-28-34-25(5,6)26(7,8)35-28/h21-22H,9-19H2,1-8H3,(H,29,32)(H,30,33)/t21-,22+,27+/m0/s1. The number of rotatable bonds is 8. The first-order valence-corrected chi connectivity index (χ1v) is 13.8. The van der Waals surface area contributed by atoms with Gasteiger partial charge in [0.05, 0.1) is 11.2 Å². The van der Waals surface area contributed by atoms with Crippen LogP contribution in [0.15, 0.2) is 0 Å². The molecule has 0 spiro atoms. The summed E-state index contributed by atoms with van der Waals surface area (Å²) in [6.07, 6.45) is 7.83. The maximum Gasteiger partial charge on any atom is 0.457 e. The zero-order valence-corrected chi connectivity index (χ0v) is 23.6. The van der Waals surface area contributed by atoms with Crippen LogP contribution in [-0.4, -0.2) is 65.7 Å². The van der Waals surface area contributed by atoms with Crippen molar-refractivity contribution in [3.63, 3.8) is 0 Å². The molecule has 2 saturated heterocycles. The SMILES string of the molecule is CC(=O)N[C@]1(C(=O)NC(C)(C)C)C[C@H](CCB2OC(C)(C)C(C)(C)O2)CC[C@@H]1CCN1CCCC1. The van der Waals surface area contributed by atoms with Crippen molar-refractivity contribution >= 4 is 18.9 Å². The highest BCUT2D eigenvalue weighted by molar-refractivity contribution is 6.45. The van der Waals surface area contributed by atoms with Crippen molar-refractivity contribution in [2.75, 3.05) is 19.6 Å². The van der Waals surface area contributed by atoms with Gasteiger partial charge in [0.2, 0.25) is 11.8 Å². The minimum Gasteiger partial charge on any atom is -0.403 e. The molecule has 0 aromatic rings. The summed E-state index contributed by atoms with van der Waals surface area (Å²) >= 11 is 0. The Labute approximate surface area is 214 Å². The number of nitrogens with one attached hydrogen (secondary N) is 2. The summed E-state index contributed by atoms with van der Waals surface area (Å²) in [6, 6.07) is 0. The molecule has 3 atom stereocenters. The first kappa shape index (κ1) is 28.5. The number of carbonyl (C=O) groups is 2. The summed E-state index contributed by atoms with van der Waals surface area (Å²) in [5, 5.41) is 6.41. The van der Waals surface area contributed by atoms with Crippen molar-refractivity contribution in [1.29, 1.82) is 0 Å². The fourth-order valence-corrected chi connectivity index (χ4v) is 6.10. The molecule has 3 aliphatic rings. The molecule has 3 fully saturated rings. The van der Waals surface area contributed by atoms with Gasteiger partial charge in [-0.25, -0.2) is 0 Å². The molecule has 200 valence electrons. The van der Waals surface area contributed by atoms with E-state index in [1.165, 1.54) is 19.8 Å². The van der Waals surface area contributed by atoms with Gasteiger partial charge in [-0.05, 0) is 118 Å². The van der Waals surface area contributed by atoms with Crippen LogP contribution in [0.4, 0.5) is 0 Å². The van der Waals surface area contributed by atoms with E-state index in [1.54, 1.807) is 0 Å². The molecule has 2 amide bonds. The summed E-state index contributed by atoms with van der Waals surface area (Å²) < 4.78 is 12.4. The molecule has 0 aromatic heterocycles. The van der Waals surface area contributed by atoms with Crippen LogP contribution in [0.25, 0.3) is 0 Å². The molecule has 0 unspecified atom stereocenters. The molecule has 7 nitrogen and oxygen atoms in total. The molecule has 8 heteroatoms. The number of carbonyl (C=O) groups excluding carboxylic acids is 2. The summed E-state index contributed by atoms with van der Waals surface area (Å²) in [6.45, 7) is 19.2. The highest BCUT2D eigenvalue weighted by Crippen LogP contribution is 2.44. The van der Waals surface area contributed by atoms with Crippen molar-refractivity contribution in [2.45, 2.75) is 129 Å². The van der Waals surface area contributed by atoms with Crippen molar-refractivity contribution in [3.05, 3.63) is 0 Å². The van der Waals surface area contributed by atoms with Gasteiger partial charge in [0.1, 0.15) is 5.54 Å². The average Bonchev–Trinajstić information content (AvgIpc) is 3.29. The predicted octanol–water partition coefficient (Wildman–Crippen LogP) is 4.16. The Bertz CT molecular complexity index is 744. The van der Waals surface area contributed by atoms with Gasteiger partial charge in [0, 0.05) is 12.5 Å². The third-order valence-electron chi connectivity index (χ3n) is 8.63. The van der Waals surface area contributed by atoms with Gasteiger partial charge in [0.25, 0.3) is 0 Å². The van der Waals surface area contributed by atoms with E-state index in [9.17, 15) is 9.59 Å². The van der Waals surface area contributed by atoms with Crippen LogP contribution in [0.2, 0.25) is 6.32 Å². The number of hydrogen-bond acceptors (Lipinski definition) is 5. The number of likely N-dealkylation sites (tertiary alicyclic amines) is 1. The Morgan fingerprint density at radius 2 is 1.60 bits per heavy atom. The molecular weight excluding hydrogens is 441 g/mol. The quantitative estimate of drug-likeness (QED) is 0.499. The Hall–Kier alpha value is -1.12. The van der Waals surface area contributed by atoms with E-state index >= 15 is 0 Å². The molecule has 0 bridgehead atoms. The third kappa shape index (κ3) is 7.01. The largest absolute Gasteiger partial charge is 0.457 e. The van der Waals surface area contributed by atoms with Gasteiger partial charge in [-0.3, -0.25) is 9.59 Å². The van der Waals surface area contributed by atoms with Gasteiger partial charge in [-0.1, -0.05) is 12.8 Å². The second kappa shape index (κ2) is 10.7. The van der Waals surface area contributed by atoms with Crippen LogP contribution < -0.4 is 10.6 Å².